The normalized spacial score (nSPS) is 18.1. The summed E-state index contributed by atoms with van der Waals surface area (Å²) in [6.07, 6.45) is -4.68. The molecule has 3 aromatic carbocycles. The number of carbonyl (C=O) groups is 2. The highest BCUT2D eigenvalue weighted by Gasteiger charge is 2.47. The van der Waals surface area contributed by atoms with Crippen molar-refractivity contribution >= 4 is 28.6 Å². The second-order valence-corrected chi connectivity index (χ2v) is 14.2. The van der Waals surface area contributed by atoms with Gasteiger partial charge in [0, 0.05) is 23.6 Å². The molecule has 1 aliphatic heterocycles. The molecule has 2 N–H and O–H groups in total. The van der Waals surface area contributed by atoms with Crippen molar-refractivity contribution in [3.63, 3.8) is 0 Å². The van der Waals surface area contributed by atoms with Crippen LogP contribution in [0, 0.1) is 5.82 Å². The molecule has 0 saturated carbocycles. The van der Waals surface area contributed by atoms with E-state index in [0.29, 0.717) is 28.3 Å². The number of anilines is 1. The molecule has 8 nitrogen and oxygen atoms in total. The lowest BCUT2D eigenvalue weighted by atomic mass is 9.80. The van der Waals surface area contributed by atoms with Crippen molar-refractivity contribution in [1.29, 1.82) is 0 Å². The third-order valence-electron chi connectivity index (χ3n) is 7.89. The number of benzene rings is 3. The van der Waals surface area contributed by atoms with E-state index in [2.05, 4.69) is 10.0 Å². The quantitative estimate of drug-likeness (QED) is 0.211. The third kappa shape index (κ3) is 6.86. The zero-order chi connectivity index (χ0) is 34.3. The first-order chi connectivity index (χ1) is 22.1. The average molecular weight is 670 g/mol. The second kappa shape index (κ2) is 13.0. The summed E-state index contributed by atoms with van der Waals surface area (Å²) in [5, 5.41) is 7.65. The molecule has 0 aliphatic carbocycles. The Bertz CT molecular complexity index is 1800. The van der Waals surface area contributed by atoms with Crippen molar-refractivity contribution in [1.82, 2.24) is 19.8 Å². The number of hydrogen-bond donors (Lipinski definition) is 2. The predicted molar refractivity (Wildman–Crippen MR) is 172 cm³/mol. The van der Waals surface area contributed by atoms with Crippen molar-refractivity contribution < 1.29 is 31.4 Å². The molecule has 4 atom stereocenters. The number of likely N-dealkylation sites (N-methyl/N-ethyl adjacent to an activating group) is 1. The lowest BCUT2D eigenvalue weighted by molar-refractivity contribution is -0.137. The van der Waals surface area contributed by atoms with Crippen molar-refractivity contribution in [2.24, 2.45) is 0 Å². The number of para-hydroxylation sites is 1. The highest BCUT2D eigenvalue weighted by molar-refractivity contribution is 7.84. The Hall–Kier alpha value is -4.36. The van der Waals surface area contributed by atoms with Gasteiger partial charge in [0.15, 0.2) is 0 Å². The van der Waals surface area contributed by atoms with Crippen LogP contribution >= 0.6 is 0 Å². The number of rotatable bonds is 8. The highest BCUT2D eigenvalue weighted by Crippen LogP contribution is 2.45. The topological polar surface area (TPSA) is 96.3 Å². The van der Waals surface area contributed by atoms with Crippen molar-refractivity contribution in [3.8, 4) is 5.69 Å². The van der Waals surface area contributed by atoms with E-state index < -0.39 is 63.1 Å². The summed E-state index contributed by atoms with van der Waals surface area (Å²) in [6.45, 7) is 9.15. The Morgan fingerprint density at radius 1 is 1.00 bits per heavy atom. The minimum absolute atomic E-state index is 0.158. The number of carbonyl (C=O) groups excluding carboxylic acids is 2. The van der Waals surface area contributed by atoms with Crippen molar-refractivity contribution in [2.75, 3.05) is 11.4 Å². The van der Waals surface area contributed by atoms with Crippen molar-refractivity contribution in [3.05, 3.63) is 113 Å². The molecule has 5 rings (SSSR count). The SMILES string of the molecule is CCN1C(=O)[C@@H](NC(=O)c2cccc(C(F)(F)F)c2)[C@@H](c2ccc(F)cc2)c2c([C@@H](C)N[S@@](=O)C(C)(C)C)nn(-c3ccccc3)c21. The van der Waals surface area contributed by atoms with Crippen molar-refractivity contribution in [2.45, 2.75) is 63.5 Å². The molecule has 47 heavy (non-hydrogen) atoms. The number of aromatic nitrogens is 2. The minimum atomic E-state index is -4.68. The summed E-state index contributed by atoms with van der Waals surface area (Å²) in [4.78, 5) is 29.4. The van der Waals surface area contributed by atoms with Gasteiger partial charge in [0.25, 0.3) is 11.8 Å². The standard InChI is InChI=1S/C34H35F4N5O3S/c1-6-42-31-27(28(20(2)41-47(46)33(3,4)5)40-43(31)25-13-8-7-9-14-25)26(21-15-17-24(35)18-16-21)29(32(42)45)39-30(44)22-11-10-12-23(19-22)34(36,37)38/h7-20,26,29,41H,6H2,1-5H3,(H,39,44)/t20-,26+,29+,47+/m1/s1. The first-order valence-corrected chi connectivity index (χ1v) is 16.2. The number of hydrogen-bond acceptors (Lipinski definition) is 4. The molecule has 248 valence electrons. The highest BCUT2D eigenvalue weighted by atomic mass is 32.2. The number of nitrogens with zero attached hydrogens (tertiary/aromatic N) is 3. The van der Waals surface area contributed by atoms with E-state index in [-0.39, 0.29) is 12.1 Å². The molecule has 2 amide bonds. The Balaban J connectivity index is 1.73. The maximum Gasteiger partial charge on any atom is 0.416 e. The van der Waals surface area contributed by atoms with Crippen LogP contribution in [0.25, 0.3) is 5.69 Å². The molecular weight excluding hydrogens is 634 g/mol. The van der Waals surface area contributed by atoms with Crippen LogP contribution in [0.2, 0.25) is 0 Å². The first kappa shape index (κ1) is 34.0. The van der Waals surface area contributed by atoms with Gasteiger partial charge >= 0.3 is 6.18 Å². The van der Waals surface area contributed by atoms with Crippen LogP contribution in [0.15, 0.2) is 78.9 Å². The molecule has 0 radical (unpaired) electrons. The number of fused-ring (bicyclic) bond motifs is 1. The van der Waals surface area contributed by atoms with Crippen LogP contribution in [-0.2, 0) is 22.0 Å². The Morgan fingerprint density at radius 3 is 2.26 bits per heavy atom. The molecule has 0 unspecified atom stereocenters. The molecule has 1 aromatic heterocycles. The van der Waals surface area contributed by atoms with Gasteiger partial charge in [-0.2, -0.15) is 18.3 Å². The van der Waals surface area contributed by atoms with Crippen LogP contribution in [0.5, 0.6) is 0 Å². The summed E-state index contributed by atoms with van der Waals surface area (Å²) in [7, 11) is -1.52. The third-order valence-corrected chi connectivity index (χ3v) is 9.57. The van der Waals surface area contributed by atoms with Gasteiger partial charge in [0.05, 0.1) is 38.7 Å². The zero-order valence-electron chi connectivity index (χ0n) is 26.4. The molecule has 0 bridgehead atoms. The molecule has 13 heteroatoms. The summed E-state index contributed by atoms with van der Waals surface area (Å²) < 4.78 is 72.0. The number of amides is 2. The van der Waals surface area contributed by atoms with E-state index in [1.165, 1.54) is 35.2 Å². The fraction of sp³-hybridized carbons (Fsp3) is 0.324. The van der Waals surface area contributed by atoms with Crippen LogP contribution < -0.4 is 14.9 Å². The zero-order valence-corrected chi connectivity index (χ0v) is 27.2. The fourth-order valence-electron chi connectivity index (χ4n) is 5.58. The van der Waals surface area contributed by atoms with E-state index in [4.69, 9.17) is 5.10 Å². The van der Waals surface area contributed by atoms with Gasteiger partial charge in [-0.05, 0) is 82.6 Å². The first-order valence-electron chi connectivity index (χ1n) is 15.0. The summed E-state index contributed by atoms with van der Waals surface area (Å²) >= 11 is 0. The molecular formula is C34H35F4N5O3S. The fourth-order valence-corrected chi connectivity index (χ4v) is 6.37. The molecule has 1 aliphatic rings. The lowest BCUT2D eigenvalue weighted by Gasteiger charge is -2.39. The molecule has 0 saturated heterocycles. The average Bonchev–Trinajstić information content (AvgIpc) is 3.42. The van der Waals surface area contributed by atoms with E-state index in [9.17, 15) is 31.4 Å². The molecule has 0 fully saturated rings. The van der Waals surface area contributed by atoms with Gasteiger partial charge in [0.1, 0.15) is 17.7 Å². The molecule has 0 spiro atoms. The summed E-state index contributed by atoms with van der Waals surface area (Å²) in [6, 6.07) is 16.5. The minimum Gasteiger partial charge on any atom is -0.339 e. The van der Waals surface area contributed by atoms with Crippen LogP contribution in [0.4, 0.5) is 23.4 Å². The van der Waals surface area contributed by atoms with Gasteiger partial charge in [-0.3, -0.25) is 14.5 Å². The lowest BCUT2D eigenvalue weighted by Crippen LogP contribution is -2.55. The molecule has 4 aromatic rings. The number of halogens is 4. The van der Waals surface area contributed by atoms with Crippen LogP contribution in [0.1, 0.15) is 79.3 Å². The predicted octanol–water partition coefficient (Wildman–Crippen LogP) is 6.44. The van der Waals surface area contributed by atoms with Gasteiger partial charge in [0.2, 0.25) is 0 Å². The largest absolute Gasteiger partial charge is 0.416 e. The Morgan fingerprint density at radius 2 is 1.66 bits per heavy atom. The van der Waals surface area contributed by atoms with Gasteiger partial charge in [-0.1, -0.05) is 36.4 Å². The maximum atomic E-state index is 14.4. The summed E-state index contributed by atoms with van der Waals surface area (Å²) in [5.41, 5.74) is 0.752. The maximum absolute atomic E-state index is 14.4. The van der Waals surface area contributed by atoms with E-state index in [0.717, 1.165) is 18.2 Å². The van der Waals surface area contributed by atoms with Gasteiger partial charge < -0.3 is 5.32 Å². The smallest absolute Gasteiger partial charge is 0.339 e. The monoisotopic (exact) mass is 669 g/mol. The van der Waals surface area contributed by atoms with Crippen LogP contribution in [0.3, 0.4) is 0 Å². The van der Waals surface area contributed by atoms with E-state index >= 15 is 0 Å². The number of nitrogens with one attached hydrogen (secondary N) is 2. The summed E-state index contributed by atoms with van der Waals surface area (Å²) in [5.74, 6) is -2.48. The van der Waals surface area contributed by atoms with E-state index in [1.54, 1.807) is 18.5 Å². The van der Waals surface area contributed by atoms with Gasteiger partial charge in [-0.15, -0.1) is 0 Å². The Kier molecular flexibility index (Phi) is 9.43. The van der Waals surface area contributed by atoms with Crippen LogP contribution in [-0.4, -0.2) is 43.1 Å². The number of alkyl halides is 3. The van der Waals surface area contributed by atoms with E-state index in [1.807, 2.05) is 51.1 Å². The second-order valence-electron chi connectivity index (χ2n) is 12.2. The van der Waals surface area contributed by atoms with Gasteiger partial charge in [-0.25, -0.2) is 18.0 Å². The molecule has 2 heterocycles. The Labute approximate surface area is 272 Å².